The lowest BCUT2D eigenvalue weighted by Crippen LogP contribution is -2.46. The molecule has 0 radical (unpaired) electrons. The Bertz CT molecular complexity index is 1790. The fourth-order valence-corrected chi connectivity index (χ4v) is 6.26. The van der Waals surface area contributed by atoms with Crippen LogP contribution in [-0.2, 0) is 18.5 Å². The number of pyridine rings is 1. The number of likely N-dealkylation sites (tertiary alicyclic amines) is 1. The molecular formula is C32H30ClN5O2. The molecule has 0 atom stereocenters. The molecule has 5 aromatic rings. The van der Waals surface area contributed by atoms with E-state index in [4.69, 9.17) is 0 Å². The number of carbonyl (C=O) groups is 1. The van der Waals surface area contributed by atoms with Gasteiger partial charge in [-0.25, -0.2) is 9.89 Å². The Morgan fingerprint density at radius 2 is 1.48 bits per heavy atom. The molecule has 7 nitrogen and oxygen atoms in total. The van der Waals surface area contributed by atoms with Gasteiger partial charge in [-0.15, -0.1) is 12.4 Å². The second-order valence-electron chi connectivity index (χ2n) is 10.5. The highest BCUT2D eigenvalue weighted by atomic mass is 35.5. The molecule has 0 aliphatic carbocycles. The third kappa shape index (κ3) is 4.31. The number of fused-ring (bicyclic) bond motifs is 2. The monoisotopic (exact) mass is 551 g/mol. The number of aryl methyl sites for hydroxylation is 1. The predicted molar refractivity (Wildman–Crippen MR) is 158 cm³/mol. The Morgan fingerprint density at radius 3 is 2.20 bits per heavy atom. The molecule has 0 saturated carbocycles. The van der Waals surface area contributed by atoms with Crippen molar-refractivity contribution in [1.29, 1.82) is 0 Å². The van der Waals surface area contributed by atoms with Crippen molar-refractivity contribution in [3.63, 3.8) is 0 Å². The summed E-state index contributed by atoms with van der Waals surface area (Å²) in [6.07, 6.45) is 10.2. The fraction of sp³-hybridized carbons (Fsp3) is 0.219. The quantitative estimate of drug-likeness (QED) is 0.305. The number of amides is 1. The fourth-order valence-electron chi connectivity index (χ4n) is 6.26. The molecule has 2 aliphatic heterocycles. The average molecular weight is 552 g/mol. The van der Waals surface area contributed by atoms with Gasteiger partial charge in [-0.2, -0.15) is 4.57 Å². The average Bonchev–Trinajstić information content (AvgIpc) is 3.60. The number of halogens is 1. The molecule has 5 heterocycles. The van der Waals surface area contributed by atoms with Crippen LogP contribution in [0.25, 0.3) is 33.0 Å². The van der Waals surface area contributed by atoms with E-state index in [1.807, 2.05) is 66.3 Å². The van der Waals surface area contributed by atoms with E-state index in [-0.39, 0.29) is 12.4 Å². The smallest absolute Gasteiger partial charge is 0.277 e. The summed E-state index contributed by atoms with van der Waals surface area (Å²) in [7, 11) is 1.96. The molecular weight excluding hydrogens is 522 g/mol. The molecule has 2 aromatic carbocycles. The van der Waals surface area contributed by atoms with Gasteiger partial charge < -0.3 is 14.2 Å². The van der Waals surface area contributed by atoms with Crippen molar-refractivity contribution in [2.75, 3.05) is 13.1 Å². The first-order valence-electron chi connectivity index (χ1n) is 13.4. The summed E-state index contributed by atoms with van der Waals surface area (Å²) < 4.78 is 6.52. The molecule has 202 valence electrons. The van der Waals surface area contributed by atoms with Gasteiger partial charge in [-0.1, -0.05) is 42.5 Å². The lowest BCUT2D eigenvalue weighted by molar-refractivity contribution is -0.716. The zero-order valence-corrected chi connectivity index (χ0v) is 23.1. The van der Waals surface area contributed by atoms with Crippen molar-refractivity contribution in [1.82, 2.24) is 14.0 Å². The second kappa shape index (κ2) is 10.4. The number of benzene rings is 2. The molecule has 8 heteroatoms. The van der Waals surface area contributed by atoms with Crippen LogP contribution in [0.2, 0.25) is 0 Å². The van der Waals surface area contributed by atoms with Gasteiger partial charge in [0.05, 0.1) is 5.57 Å². The highest BCUT2D eigenvalue weighted by Crippen LogP contribution is 2.40. The molecule has 3 aromatic heterocycles. The standard InChI is InChI=1S/C32H29N5O2.ClH/c1-34-19-25(23-9-3-5-11-27(23)34)29-30(32(39)33-31(29)38)26-20-37(28-12-6-4-10-24(26)28)22-13-17-36(18-14-22)21-35-15-7-2-8-16-35;/h2-12,15-16,19-20,22H,13-14,17-18,21H2,1H3;1H. The van der Waals surface area contributed by atoms with E-state index in [0.29, 0.717) is 17.2 Å². The first kappa shape index (κ1) is 26.0. The van der Waals surface area contributed by atoms with Crippen LogP contribution in [-0.4, -0.2) is 38.9 Å². The molecule has 0 N–H and O–H groups in total. The second-order valence-corrected chi connectivity index (χ2v) is 10.5. The van der Waals surface area contributed by atoms with Crippen LogP contribution < -0.4 is 9.67 Å². The lowest BCUT2D eigenvalue weighted by Gasteiger charge is -2.31. The molecule has 1 amide bonds. The normalized spacial score (nSPS) is 16.6. The number of aromatic nitrogens is 3. The summed E-state index contributed by atoms with van der Waals surface area (Å²) in [5, 5.41) is 15.1. The van der Waals surface area contributed by atoms with Crippen molar-refractivity contribution in [2.45, 2.75) is 25.6 Å². The largest absolute Gasteiger partial charge is 0.858 e. The zero-order valence-electron chi connectivity index (χ0n) is 22.2. The highest BCUT2D eigenvalue weighted by Gasteiger charge is 2.31. The van der Waals surface area contributed by atoms with E-state index in [2.05, 4.69) is 55.8 Å². The Labute approximate surface area is 238 Å². The third-order valence-corrected chi connectivity index (χ3v) is 8.15. The van der Waals surface area contributed by atoms with Crippen molar-refractivity contribution < 1.29 is 14.5 Å². The van der Waals surface area contributed by atoms with Crippen LogP contribution >= 0.6 is 12.4 Å². The lowest BCUT2D eigenvalue weighted by atomic mass is 9.95. The molecule has 7 rings (SSSR count). The van der Waals surface area contributed by atoms with E-state index < -0.39 is 11.8 Å². The molecule has 2 aliphatic rings. The molecule has 1 fully saturated rings. The minimum atomic E-state index is -0.463. The van der Waals surface area contributed by atoms with E-state index in [0.717, 1.165) is 65.5 Å². The van der Waals surface area contributed by atoms with Gasteiger partial charge in [-0.05, 0) is 25.0 Å². The topological polar surface area (TPSA) is 69.5 Å². The number of hydrogen-bond acceptors (Lipinski definition) is 3. The SMILES string of the molecule is Cl.Cn1cc(C2=C(c3cn(C4CCN(C[n+]5ccccc5)CC4)c4ccccc34)C(=O)N=C2[O-])c2ccccc21. The number of aliphatic imine (C=N–C) groups is 1. The first-order chi connectivity index (χ1) is 19.1. The van der Waals surface area contributed by atoms with Crippen LogP contribution in [0.3, 0.4) is 0 Å². The zero-order chi connectivity index (χ0) is 26.5. The van der Waals surface area contributed by atoms with Gasteiger partial charge in [0.1, 0.15) is 0 Å². The Hall–Kier alpha value is -4.20. The predicted octanol–water partition coefficient (Wildman–Crippen LogP) is 4.35. The maximum atomic E-state index is 13.3. The maximum absolute atomic E-state index is 13.3. The highest BCUT2D eigenvalue weighted by molar-refractivity contribution is 6.48. The summed E-state index contributed by atoms with van der Waals surface area (Å²) in [4.78, 5) is 19.7. The van der Waals surface area contributed by atoms with E-state index in [9.17, 15) is 9.90 Å². The summed E-state index contributed by atoms with van der Waals surface area (Å²) in [5.74, 6) is -0.921. The number of para-hydroxylation sites is 2. The maximum Gasteiger partial charge on any atom is 0.277 e. The van der Waals surface area contributed by atoms with Crippen molar-refractivity contribution >= 4 is 57.2 Å². The van der Waals surface area contributed by atoms with Gasteiger partial charge in [-0.3, -0.25) is 4.79 Å². The van der Waals surface area contributed by atoms with Gasteiger partial charge in [0.2, 0.25) is 6.67 Å². The third-order valence-electron chi connectivity index (χ3n) is 8.15. The van der Waals surface area contributed by atoms with Crippen molar-refractivity contribution in [3.8, 4) is 0 Å². The number of hydrogen-bond donors (Lipinski definition) is 0. The summed E-state index contributed by atoms with van der Waals surface area (Å²) in [6, 6.07) is 22.6. The van der Waals surface area contributed by atoms with Gasteiger partial charge >= 0.3 is 0 Å². The van der Waals surface area contributed by atoms with Crippen molar-refractivity contribution in [3.05, 3.63) is 103 Å². The number of carbonyl (C=O) groups excluding carboxylic acids is 1. The van der Waals surface area contributed by atoms with E-state index in [1.54, 1.807) is 0 Å². The van der Waals surface area contributed by atoms with Gasteiger partial charge in [0.15, 0.2) is 12.4 Å². The van der Waals surface area contributed by atoms with Gasteiger partial charge in [0, 0.05) is 95.1 Å². The van der Waals surface area contributed by atoms with E-state index >= 15 is 0 Å². The molecule has 1 saturated heterocycles. The minimum absolute atomic E-state index is 0. The Morgan fingerprint density at radius 1 is 0.850 bits per heavy atom. The summed E-state index contributed by atoms with van der Waals surface area (Å²) >= 11 is 0. The Kier molecular flexibility index (Phi) is 6.78. The summed E-state index contributed by atoms with van der Waals surface area (Å²) in [6.45, 7) is 2.86. The van der Waals surface area contributed by atoms with Crippen LogP contribution in [0.4, 0.5) is 0 Å². The number of rotatable bonds is 5. The first-order valence-corrected chi connectivity index (χ1v) is 13.4. The van der Waals surface area contributed by atoms with Crippen LogP contribution in [0.15, 0.2) is 96.5 Å². The van der Waals surface area contributed by atoms with Gasteiger partial charge in [0.25, 0.3) is 5.91 Å². The molecule has 0 unspecified atom stereocenters. The molecule has 0 spiro atoms. The summed E-state index contributed by atoms with van der Waals surface area (Å²) in [5.41, 5.74) is 4.44. The number of nitrogens with zero attached hydrogens (tertiary/aromatic N) is 5. The minimum Gasteiger partial charge on any atom is -0.858 e. The Balaban J connectivity index is 0.00000289. The molecule has 0 bridgehead atoms. The van der Waals surface area contributed by atoms with Crippen LogP contribution in [0, 0.1) is 0 Å². The van der Waals surface area contributed by atoms with E-state index in [1.165, 1.54) is 0 Å². The van der Waals surface area contributed by atoms with Crippen LogP contribution in [0.1, 0.15) is 30.0 Å². The van der Waals surface area contributed by atoms with Crippen molar-refractivity contribution in [2.24, 2.45) is 12.0 Å². The van der Waals surface area contributed by atoms with Crippen LogP contribution in [0.5, 0.6) is 0 Å². The molecule has 40 heavy (non-hydrogen) atoms. The number of piperidine rings is 1.